The van der Waals surface area contributed by atoms with Crippen molar-refractivity contribution in [3.05, 3.63) is 22.4 Å². The highest BCUT2D eigenvalue weighted by atomic mass is 127. The average Bonchev–Trinajstić information content (AvgIpc) is 3.34. The molecule has 32 heavy (non-hydrogen) atoms. The predicted octanol–water partition coefficient (Wildman–Crippen LogP) is 3.72. The van der Waals surface area contributed by atoms with E-state index in [2.05, 4.69) is 61.7 Å². The van der Waals surface area contributed by atoms with Gasteiger partial charge in [0, 0.05) is 51.2 Å². The quantitative estimate of drug-likeness (QED) is 0.193. The molecule has 0 aromatic carbocycles. The first-order valence-corrected chi connectivity index (χ1v) is 13.2. The second-order valence-electron chi connectivity index (χ2n) is 9.11. The molecule has 0 bridgehead atoms. The van der Waals surface area contributed by atoms with E-state index < -0.39 is 0 Å². The molecule has 2 fully saturated rings. The van der Waals surface area contributed by atoms with Gasteiger partial charge in [0.2, 0.25) is 0 Å². The second-order valence-corrected chi connectivity index (χ2v) is 10.1. The first kappa shape index (κ1) is 27.8. The molecule has 184 valence electrons. The van der Waals surface area contributed by atoms with Gasteiger partial charge >= 0.3 is 0 Å². The number of rotatable bonds is 10. The highest BCUT2D eigenvalue weighted by Gasteiger charge is 2.25. The number of piperazine rings is 1. The van der Waals surface area contributed by atoms with Crippen LogP contribution in [-0.4, -0.2) is 93.2 Å². The summed E-state index contributed by atoms with van der Waals surface area (Å²) in [4.78, 5) is 13.7. The van der Waals surface area contributed by atoms with Gasteiger partial charge in [0.1, 0.15) is 0 Å². The number of hydrogen-bond acceptors (Lipinski definition) is 5. The number of thiophene rings is 1. The molecule has 2 saturated heterocycles. The Morgan fingerprint density at radius 1 is 1.09 bits per heavy atom. The normalized spacial score (nSPS) is 20.7. The molecule has 2 aliphatic rings. The maximum Gasteiger partial charge on any atom is 0.191 e. The Hall–Kier alpha value is -0.420. The number of likely N-dealkylation sites (tertiary alicyclic amines) is 1. The van der Waals surface area contributed by atoms with Gasteiger partial charge in [-0.15, -0.1) is 35.3 Å². The fraction of sp³-hybridized carbons (Fsp3) is 0.792. The predicted molar refractivity (Wildman–Crippen MR) is 150 cm³/mol. The monoisotopic (exact) mass is 576 g/mol. The zero-order valence-corrected chi connectivity index (χ0v) is 23.5. The number of piperidine rings is 1. The SMILES string of the molecule is CCN1CCN(CCCCNC(=NC)NCC(c2cccs2)N2CCC(C)CC2)CC1.I. The third-order valence-electron chi connectivity index (χ3n) is 6.92. The van der Waals surface area contributed by atoms with Gasteiger partial charge in [0.05, 0.1) is 6.04 Å². The molecule has 1 unspecified atom stereocenters. The molecular formula is C24H45IN6S. The van der Waals surface area contributed by atoms with E-state index in [1.54, 1.807) is 0 Å². The van der Waals surface area contributed by atoms with Crippen molar-refractivity contribution in [2.45, 2.75) is 45.6 Å². The van der Waals surface area contributed by atoms with Gasteiger partial charge < -0.3 is 20.4 Å². The summed E-state index contributed by atoms with van der Waals surface area (Å²) in [6.07, 6.45) is 5.05. The molecule has 0 saturated carbocycles. The van der Waals surface area contributed by atoms with Gasteiger partial charge in [-0.25, -0.2) is 0 Å². The number of guanidine groups is 1. The summed E-state index contributed by atoms with van der Waals surface area (Å²) in [6.45, 7) is 16.3. The van der Waals surface area contributed by atoms with E-state index in [1.165, 1.54) is 82.9 Å². The van der Waals surface area contributed by atoms with Crippen molar-refractivity contribution in [3.8, 4) is 0 Å². The van der Waals surface area contributed by atoms with Crippen molar-refractivity contribution >= 4 is 41.3 Å². The van der Waals surface area contributed by atoms with Crippen LogP contribution in [0, 0.1) is 5.92 Å². The number of nitrogens with zero attached hydrogens (tertiary/aromatic N) is 4. The summed E-state index contributed by atoms with van der Waals surface area (Å²) in [6, 6.07) is 4.90. The van der Waals surface area contributed by atoms with Crippen LogP contribution in [0.5, 0.6) is 0 Å². The van der Waals surface area contributed by atoms with Gasteiger partial charge in [0.15, 0.2) is 5.96 Å². The van der Waals surface area contributed by atoms with Crippen LogP contribution < -0.4 is 10.6 Å². The first-order chi connectivity index (χ1) is 15.2. The number of halogens is 1. The summed E-state index contributed by atoms with van der Waals surface area (Å²) in [5.74, 6) is 1.79. The van der Waals surface area contributed by atoms with E-state index in [4.69, 9.17) is 0 Å². The molecule has 3 rings (SSSR count). The van der Waals surface area contributed by atoms with E-state index in [1.807, 2.05) is 18.4 Å². The molecular weight excluding hydrogens is 531 g/mol. The highest BCUT2D eigenvalue weighted by Crippen LogP contribution is 2.29. The van der Waals surface area contributed by atoms with Crippen LogP contribution in [0.4, 0.5) is 0 Å². The van der Waals surface area contributed by atoms with Crippen LogP contribution in [0.3, 0.4) is 0 Å². The Kier molecular flexibility index (Phi) is 13.5. The lowest BCUT2D eigenvalue weighted by atomic mass is 9.97. The van der Waals surface area contributed by atoms with E-state index in [9.17, 15) is 0 Å². The molecule has 6 nitrogen and oxygen atoms in total. The summed E-state index contributed by atoms with van der Waals surface area (Å²) < 4.78 is 0. The van der Waals surface area contributed by atoms with E-state index >= 15 is 0 Å². The molecule has 0 radical (unpaired) electrons. The lowest BCUT2D eigenvalue weighted by molar-refractivity contribution is 0.136. The van der Waals surface area contributed by atoms with Crippen molar-refractivity contribution in [1.82, 2.24) is 25.3 Å². The van der Waals surface area contributed by atoms with Crippen molar-refractivity contribution in [3.63, 3.8) is 0 Å². The molecule has 2 aliphatic heterocycles. The maximum absolute atomic E-state index is 4.47. The molecule has 8 heteroatoms. The molecule has 3 heterocycles. The minimum Gasteiger partial charge on any atom is -0.356 e. The third-order valence-corrected chi connectivity index (χ3v) is 7.90. The largest absolute Gasteiger partial charge is 0.356 e. The number of likely N-dealkylation sites (N-methyl/N-ethyl adjacent to an activating group) is 1. The fourth-order valence-corrected chi connectivity index (χ4v) is 5.50. The van der Waals surface area contributed by atoms with E-state index in [-0.39, 0.29) is 24.0 Å². The Morgan fingerprint density at radius 2 is 1.81 bits per heavy atom. The molecule has 0 aliphatic carbocycles. The molecule has 0 amide bonds. The van der Waals surface area contributed by atoms with Crippen LogP contribution in [-0.2, 0) is 0 Å². The number of unbranched alkanes of at least 4 members (excludes halogenated alkanes) is 1. The van der Waals surface area contributed by atoms with Gasteiger partial charge in [0.25, 0.3) is 0 Å². The summed E-state index contributed by atoms with van der Waals surface area (Å²) in [5.41, 5.74) is 0. The minimum absolute atomic E-state index is 0. The maximum atomic E-state index is 4.47. The third kappa shape index (κ3) is 9.08. The van der Waals surface area contributed by atoms with Gasteiger partial charge in [-0.05, 0) is 69.2 Å². The van der Waals surface area contributed by atoms with Crippen molar-refractivity contribution in [2.24, 2.45) is 10.9 Å². The standard InChI is InChI=1S/C24H44N6S.HI/c1-4-28-15-17-29(18-16-28)12-6-5-11-26-24(25-3)27-20-22(23-8-7-19-31-23)30-13-9-21(2)10-14-30;/h7-8,19,21-22H,4-6,9-18,20H2,1-3H3,(H2,25,26,27);1H. The van der Waals surface area contributed by atoms with Crippen LogP contribution >= 0.6 is 35.3 Å². The van der Waals surface area contributed by atoms with Crippen LogP contribution in [0.15, 0.2) is 22.5 Å². The molecule has 2 N–H and O–H groups in total. The number of nitrogens with one attached hydrogen (secondary N) is 2. The smallest absolute Gasteiger partial charge is 0.191 e. The summed E-state index contributed by atoms with van der Waals surface area (Å²) in [7, 11) is 1.88. The first-order valence-electron chi connectivity index (χ1n) is 12.4. The molecule has 1 aromatic rings. The lowest BCUT2D eigenvalue weighted by Crippen LogP contribution is -2.46. The molecule has 0 spiro atoms. The van der Waals surface area contributed by atoms with Crippen molar-refractivity contribution < 1.29 is 0 Å². The molecule has 1 aromatic heterocycles. The van der Waals surface area contributed by atoms with Crippen LogP contribution in [0.1, 0.15) is 50.4 Å². The fourth-order valence-electron chi connectivity index (χ4n) is 4.64. The highest BCUT2D eigenvalue weighted by molar-refractivity contribution is 14.0. The Balaban J connectivity index is 0.00000363. The number of aliphatic imine (C=N–C) groups is 1. The molecule has 1 atom stereocenters. The zero-order valence-electron chi connectivity index (χ0n) is 20.4. The Labute approximate surface area is 217 Å². The Morgan fingerprint density at radius 3 is 2.44 bits per heavy atom. The number of hydrogen-bond donors (Lipinski definition) is 2. The zero-order chi connectivity index (χ0) is 21.9. The van der Waals surface area contributed by atoms with Gasteiger partial charge in [-0.3, -0.25) is 9.89 Å². The Bertz CT molecular complexity index is 624. The van der Waals surface area contributed by atoms with E-state index in [0.717, 1.165) is 25.0 Å². The summed E-state index contributed by atoms with van der Waals surface area (Å²) >= 11 is 1.87. The van der Waals surface area contributed by atoms with Crippen LogP contribution in [0.25, 0.3) is 0 Å². The van der Waals surface area contributed by atoms with Crippen molar-refractivity contribution in [2.75, 3.05) is 72.5 Å². The van der Waals surface area contributed by atoms with Gasteiger partial charge in [-0.2, -0.15) is 0 Å². The van der Waals surface area contributed by atoms with Crippen molar-refractivity contribution in [1.29, 1.82) is 0 Å². The topological polar surface area (TPSA) is 46.1 Å². The average molecular weight is 577 g/mol. The van der Waals surface area contributed by atoms with Gasteiger partial charge in [-0.1, -0.05) is 19.9 Å². The summed E-state index contributed by atoms with van der Waals surface area (Å²) in [5, 5.41) is 9.34. The minimum atomic E-state index is 0. The van der Waals surface area contributed by atoms with E-state index in [0.29, 0.717) is 6.04 Å². The lowest BCUT2D eigenvalue weighted by Gasteiger charge is -2.36. The second kappa shape index (κ2) is 15.5. The van der Waals surface area contributed by atoms with Crippen LogP contribution in [0.2, 0.25) is 0 Å².